The van der Waals surface area contributed by atoms with Crippen molar-refractivity contribution in [1.29, 1.82) is 0 Å². The molecule has 1 atom stereocenters. The van der Waals surface area contributed by atoms with Crippen LogP contribution < -0.4 is 5.56 Å². The summed E-state index contributed by atoms with van der Waals surface area (Å²) in [7, 11) is 0. The minimum Gasteiger partial charge on any atom is -0.465 e. The first-order valence-corrected chi connectivity index (χ1v) is 9.68. The Bertz CT molecular complexity index is 853. The van der Waals surface area contributed by atoms with Crippen LogP contribution in [0.15, 0.2) is 16.1 Å². The summed E-state index contributed by atoms with van der Waals surface area (Å²) >= 11 is 1.14. The number of ether oxygens (including phenoxy) is 1. The summed E-state index contributed by atoms with van der Waals surface area (Å²) in [4.78, 5) is 31.3. The van der Waals surface area contributed by atoms with Crippen molar-refractivity contribution in [1.82, 2.24) is 19.7 Å². The molecule has 0 aromatic carbocycles. The largest absolute Gasteiger partial charge is 0.465 e. The molecule has 2 aromatic rings. The van der Waals surface area contributed by atoms with E-state index in [0.717, 1.165) is 11.8 Å². The highest BCUT2D eigenvalue weighted by atomic mass is 32.2. The van der Waals surface area contributed by atoms with Gasteiger partial charge in [-0.3, -0.25) is 9.59 Å². The van der Waals surface area contributed by atoms with Gasteiger partial charge in [0.2, 0.25) is 0 Å². The zero-order valence-electron chi connectivity index (χ0n) is 15.1. The molecule has 1 saturated carbocycles. The third kappa shape index (κ3) is 3.92. The molecular weight excluding hydrogens is 359 g/mol. The maximum Gasteiger partial charge on any atom is 0.319 e. The van der Waals surface area contributed by atoms with Crippen molar-refractivity contribution < 1.29 is 13.9 Å². The van der Waals surface area contributed by atoms with Crippen LogP contribution >= 0.6 is 11.8 Å². The Hall–Kier alpha value is -1.90. The fourth-order valence-electron chi connectivity index (χ4n) is 3.16. The van der Waals surface area contributed by atoms with Crippen LogP contribution in [0.5, 0.6) is 0 Å². The lowest BCUT2D eigenvalue weighted by atomic mass is 9.85. The van der Waals surface area contributed by atoms with Gasteiger partial charge in [-0.25, -0.2) is 14.1 Å². The van der Waals surface area contributed by atoms with Crippen LogP contribution in [0.3, 0.4) is 0 Å². The molecular formula is C17H23FN4O3S. The summed E-state index contributed by atoms with van der Waals surface area (Å²) in [6.45, 7) is 5.37. The van der Waals surface area contributed by atoms with Crippen molar-refractivity contribution in [2.24, 2.45) is 0 Å². The predicted octanol–water partition coefficient (Wildman–Crippen LogP) is 3.01. The summed E-state index contributed by atoms with van der Waals surface area (Å²) in [5, 5.41) is 4.57. The molecule has 1 fully saturated rings. The number of halogens is 1. The average molecular weight is 382 g/mol. The van der Waals surface area contributed by atoms with Crippen LogP contribution in [-0.2, 0) is 9.53 Å². The number of nitrogens with zero attached hydrogens (tertiary/aromatic N) is 3. The Morgan fingerprint density at radius 3 is 2.88 bits per heavy atom. The lowest BCUT2D eigenvalue weighted by Crippen LogP contribution is -2.28. The van der Waals surface area contributed by atoms with Crippen molar-refractivity contribution in [2.45, 2.75) is 68.6 Å². The molecule has 2 heterocycles. The number of rotatable bonds is 5. The van der Waals surface area contributed by atoms with Gasteiger partial charge in [-0.1, -0.05) is 11.8 Å². The maximum atomic E-state index is 14.1. The van der Waals surface area contributed by atoms with E-state index in [1.807, 2.05) is 0 Å². The molecule has 7 nitrogen and oxygen atoms in total. The van der Waals surface area contributed by atoms with E-state index in [1.165, 1.54) is 6.20 Å². The smallest absolute Gasteiger partial charge is 0.319 e. The zero-order valence-corrected chi connectivity index (χ0v) is 15.9. The first-order chi connectivity index (χ1) is 12.3. The van der Waals surface area contributed by atoms with Gasteiger partial charge < -0.3 is 9.72 Å². The molecule has 2 aromatic heterocycles. The summed E-state index contributed by atoms with van der Waals surface area (Å²) in [5.41, 5.74) is -0.966. The van der Waals surface area contributed by atoms with E-state index in [-0.39, 0.29) is 17.6 Å². The van der Waals surface area contributed by atoms with Crippen LogP contribution in [-0.4, -0.2) is 43.2 Å². The average Bonchev–Trinajstić information content (AvgIpc) is 2.99. The summed E-state index contributed by atoms with van der Waals surface area (Å²) in [6, 6.07) is 0.0194. The summed E-state index contributed by atoms with van der Waals surface area (Å²) in [6.07, 6.45) is 3.72. The van der Waals surface area contributed by atoms with Gasteiger partial charge in [-0.2, -0.15) is 5.10 Å². The third-order valence-electron chi connectivity index (χ3n) is 4.69. The minimum atomic E-state index is -1.14. The number of thioether (sulfide) groups is 1. The topological polar surface area (TPSA) is 89.9 Å². The molecule has 0 radical (unpaired) electrons. The lowest BCUT2D eigenvalue weighted by molar-refractivity contribution is -0.142. The highest BCUT2D eigenvalue weighted by Gasteiger charge is 2.32. The number of esters is 1. The molecule has 1 unspecified atom stereocenters. The zero-order chi connectivity index (χ0) is 18.9. The molecule has 0 aliphatic heterocycles. The fourth-order valence-corrected chi connectivity index (χ4v) is 3.95. The molecule has 9 heteroatoms. The number of H-pyrrole nitrogens is 1. The molecule has 26 heavy (non-hydrogen) atoms. The monoisotopic (exact) mass is 382 g/mol. The van der Waals surface area contributed by atoms with Crippen LogP contribution in [0.1, 0.15) is 52.5 Å². The molecule has 1 aliphatic rings. The number of hydrogen-bond acceptors (Lipinski definition) is 6. The van der Waals surface area contributed by atoms with Crippen molar-refractivity contribution in [2.75, 3.05) is 6.61 Å². The van der Waals surface area contributed by atoms with E-state index < -0.39 is 10.9 Å². The molecule has 0 amide bonds. The van der Waals surface area contributed by atoms with Gasteiger partial charge in [0, 0.05) is 0 Å². The quantitative estimate of drug-likeness (QED) is 0.486. The van der Waals surface area contributed by atoms with Gasteiger partial charge in [-0.05, 0) is 46.5 Å². The van der Waals surface area contributed by atoms with Crippen molar-refractivity contribution in [3.8, 4) is 0 Å². The van der Waals surface area contributed by atoms with E-state index in [1.54, 1.807) is 25.5 Å². The second-order valence-corrected chi connectivity index (χ2v) is 8.18. The Kier molecular flexibility index (Phi) is 5.36. The van der Waals surface area contributed by atoms with E-state index >= 15 is 0 Å². The van der Waals surface area contributed by atoms with Gasteiger partial charge in [0.1, 0.15) is 16.3 Å². The lowest BCUT2D eigenvalue weighted by Gasteiger charge is -2.31. The third-order valence-corrected chi connectivity index (χ3v) is 5.65. The molecule has 3 rings (SSSR count). The van der Waals surface area contributed by atoms with Gasteiger partial charge in [0.05, 0.1) is 18.8 Å². The second kappa shape index (κ2) is 7.38. The van der Waals surface area contributed by atoms with E-state index in [4.69, 9.17) is 4.74 Å². The summed E-state index contributed by atoms with van der Waals surface area (Å²) < 4.78 is 20.8. The maximum absolute atomic E-state index is 14.1. The van der Waals surface area contributed by atoms with Gasteiger partial charge in [-0.15, -0.1) is 0 Å². The Morgan fingerprint density at radius 2 is 2.23 bits per heavy atom. The molecule has 0 bridgehead atoms. The standard InChI is InChI=1S/C17H23FN4O3S/c1-4-25-15(24)10(2)26-16-20-13-12(14(23)21-16)9-19-22(13)11-5-7-17(3,18)8-6-11/h9-11H,4-8H2,1-3H3,(H,20,21,23). The minimum absolute atomic E-state index is 0.0194. The Labute approximate surface area is 154 Å². The number of hydrogen-bond donors (Lipinski definition) is 1. The highest BCUT2D eigenvalue weighted by molar-refractivity contribution is 8.00. The number of carbonyl (C=O) groups is 1. The summed E-state index contributed by atoms with van der Waals surface area (Å²) in [5.74, 6) is -0.358. The van der Waals surface area contributed by atoms with Gasteiger partial charge in [0.25, 0.3) is 5.56 Å². The predicted molar refractivity (Wildman–Crippen MR) is 97.1 cm³/mol. The number of carbonyl (C=O) groups excluding carboxylic acids is 1. The van der Waals surface area contributed by atoms with Crippen LogP contribution in [0.25, 0.3) is 11.0 Å². The molecule has 1 aliphatic carbocycles. The first-order valence-electron chi connectivity index (χ1n) is 8.80. The number of alkyl halides is 1. The van der Waals surface area contributed by atoms with Crippen LogP contribution in [0.4, 0.5) is 4.39 Å². The first kappa shape index (κ1) is 18.9. The van der Waals surface area contributed by atoms with Crippen LogP contribution in [0, 0.1) is 0 Å². The molecule has 1 N–H and O–H groups in total. The SMILES string of the molecule is CCOC(=O)C(C)Sc1nc2c(cnn2C2CCC(C)(F)CC2)c(=O)[nH]1. The van der Waals surface area contributed by atoms with Crippen molar-refractivity contribution in [3.05, 3.63) is 16.6 Å². The van der Waals surface area contributed by atoms with E-state index in [9.17, 15) is 14.0 Å². The molecule has 142 valence electrons. The number of nitrogens with one attached hydrogen (secondary N) is 1. The second-order valence-electron chi connectivity index (χ2n) is 6.85. The highest BCUT2D eigenvalue weighted by Crippen LogP contribution is 2.37. The van der Waals surface area contributed by atoms with Gasteiger partial charge in [0.15, 0.2) is 10.8 Å². The van der Waals surface area contributed by atoms with Crippen molar-refractivity contribution >= 4 is 28.8 Å². The Morgan fingerprint density at radius 1 is 1.54 bits per heavy atom. The molecule has 0 spiro atoms. The van der Waals surface area contributed by atoms with Crippen molar-refractivity contribution in [3.63, 3.8) is 0 Å². The van der Waals surface area contributed by atoms with Crippen LogP contribution in [0.2, 0.25) is 0 Å². The van der Waals surface area contributed by atoms with Gasteiger partial charge >= 0.3 is 5.97 Å². The number of aromatic nitrogens is 4. The molecule has 0 saturated heterocycles. The Balaban J connectivity index is 1.87. The fraction of sp³-hybridized carbons (Fsp3) is 0.647. The van der Waals surface area contributed by atoms with E-state index in [0.29, 0.717) is 48.5 Å². The number of aromatic amines is 1. The normalized spacial score (nSPS) is 24.5. The number of fused-ring (bicyclic) bond motifs is 1. The van der Waals surface area contributed by atoms with E-state index in [2.05, 4.69) is 15.1 Å².